The van der Waals surface area contributed by atoms with Gasteiger partial charge >= 0.3 is 39.5 Å². The zero-order valence-corrected chi connectivity index (χ0v) is 60.2. The largest absolute Gasteiger partial charge is 0.472 e. The Hall–Kier alpha value is -1.94. The van der Waals surface area contributed by atoms with Crippen molar-refractivity contribution in [2.45, 2.75) is 381 Å². The molecule has 0 aliphatic rings. The monoisotopic (exact) mass is 1320 g/mol. The van der Waals surface area contributed by atoms with Gasteiger partial charge in [-0.15, -0.1) is 0 Å². The second kappa shape index (κ2) is 63.1. The molecule has 19 heteroatoms. The Labute approximate surface area is 549 Å². The molecule has 534 valence electrons. The van der Waals surface area contributed by atoms with Crippen LogP contribution in [0.1, 0.15) is 363 Å². The molecule has 0 saturated carbocycles. The van der Waals surface area contributed by atoms with Crippen LogP contribution in [0.5, 0.6) is 0 Å². The number of carbonyl (C=O) groups excluding carboxylic acids is 4. The van der Waals surface area contributed by atoms with E-state index in [1.807, 2.05) is 0 Å². The van der Waals surface area contributed by atoms with Gasteiger partial charge in [-0.05, 0) is 37.5 Å². The molecule has 0 spiro atoms. The molecule has 0 aliphatic heterocycles. The third-order valence-electron chi connectivity index (χ3n) is 16.5. The van der Waals surface area contributed by atoms with Crippen LogP contribution in [0.4, 0.5) is 0 Å². The molecule has 0 radical (unpaired) electrons. The normalized spacial score (nSPS) is 14.1. The quantitative estimate of drug-likeness (QED) is 0.0222. The van der Waals surface area contributed by atoms with Gasteiger partial charge in [-0.3, -0.25) is 37.3 Å². The molecule has 0 bridgehead atoms. The molecule has 0 aromatic carbocycles. The summed E-state index contributed by atoms with van der Waals surface area (Å²) in [5.74, 6) is -0.633. The zero-order chi connectivity index (χ0) is 66.5. The molecule has 0 heterocycles. The number of rotatable bonds is 70. The first-order valence-corrected chi connectivity index (χ1v) is 40.0. The lowest BCUT2D eigenvalue weighted by atomic mass is 10.0. The van der Waals surface area contributed by atoms with Crippen LogP contribution in [0.2, 0.25) is 0 Å². The highest BCUT2D eigenvalue weighted by molar-refractivity contribution is 7.47. The second-order valence-corrected chi connectivity index (χ2v) is 29.5. The molecule has 0 amide bonds. The Kier molecular flexibility index (Phi) is 61.8. The number of carbonyl (C=O) groups is 4. The van der Waals surface area contributed by atoms with E-state index >= 15 is 0 Å². The maximum absolute atomic E-state index is 13.0. The predicted molar refractivity (Wildman–Crippen MR) is 363 cm³/mol. The van der Waals surface area contributed by atoms with Gasteiger partial charge in [0, 0.05) is 25.7 Å². The molecule has 0 aromatic rings. The van der Waals surface area contributed by atoms with Crippen LogP contribution in [0, 0.1) is 11.8 Å². The molecule has 90 heavy (non-hydrogen) atoms. The Morgan fingerprint density at radius 3 is 0.756 bits per heavy atom. The number of unbranched alkanes of at least 4 members (excludes halogenated alkanes) is 40. The van der Waals surface area contributed by atoms with Gasteiger partial charge in [0.25, 0.3) is 0 Å². The van der Waals surface area contributed by atoms with E-state index < -0.39 is 97.5 Å². The van der Waals surface area contributed by atoms with Crippen molar-refractivity contribution in [3.8, 4) is 0 Å². The minimum atomic E-state index is -4.95. The topological polar surface area (TPSA) is 237 Å². The highest BCUT2D eigenvalue weighted by atomic mass is 31.2. The number of hydrogen-bond acceptors (Lipinski definition) is 15. The molecular weight excluding hydrogens is 1190 g/mol. The minimum Gasteiger partial charge on any atom is -0.462 e. The summed E-state index contributed by atoms with van der Waals surface area (Å²) in [5.41, 5.74) is 0. The molecular formula is C71H138O17P2. The summed E-state index contributed by atoms with van der Waals surface area (Å²) in [7, 11) is -9.90. The fourth-order valence-electron chi connectivity index (χ4n) is 10.8. The van der Waals surface area contributed by atoms with Crippen LogP contribution in [-0.4, -0.2) is 96.7 Å². The summed E-state index contributed by atoms with van der Waals surface area (Å²) in [6.07, 6.45) is 48.4. The van der Waals surface area contributed by atoms with E-state index in [1.54, 1.807) is 0 Å². The molecule has 0 fully saturated rings. The van der Waals surface area contributed by atoms with Gasteiger partial charge in [0.1, 0.15) is 19.3 Å². The molecule has 0 saturated heterocycles. The Bertz CT molecular complexity index is 1750. The molecule has 17 nitrogen and oxygen atoms in total. The fourth-order valence-corrected chi connectivity index (χ4v) is 12.3. The molecule has 3 N–H and O–H groups in total. The van der Waals surface area contributed by atoms with Crippen LogP contribution in [0.3, 0.4) is 0 Å². The van der Waals surface area contributed by atoms with Gasteiger partial charge in [-0.25, -0.2) is 9.13 Å². The number of aliphatic hydroxyl groups excluding tert-OH is 1. The van der Waals surface area contributed by atoms with Gasteiger partial charge in [0.05, 0.1) is 26.4 Å². The number of aliphatic hydroxyl groups is 1. The molecule has 0 rings (SSSR count). The summed E-state index contributed by atoms with van der Waals surface area (Å²) >= 11 is 0. The van der Waals surface area contributed by atoms with Crippen molar-refractivity contribution in [1.82, 2.24) is 0 Å². The molecule has 2 unspecified atom stereocenters. The van der Waals surface area contributed by atoms with Crippen LogP contribution in [0.15, 0.2) is 0 Å². The van der Waals surface area contributed by atoms with E-state index in [9.17, 15) is 43.2 Å². The van der Waals surface area contributed by atoms with Crippen LogP contribution >= 0.6 is 15.6 Å². The Morgan fingerprint density at radius 1 is 0.300 bits per heavy atom. The molecule has 5 atom stereocenters. The van der Waals surface area contributed by atoms with E-state index in [-0.39, 0.29) is 25.7 Å². The van der Waals surface area contributed by atoms with E-state index in [4.69, 9.17) is 37.0 Å². The first kappa shape index (κ1) is 88.1. The van der Waals surface area contributed by atoms with E-state index in [0.29, 0.717) is 25.7 Å². The maximum atomic E-state index is 13.0. The van der Waals surface area contributed by atoms with Crippen LogP contribution in [-0.2, 0) is 65.4 Å². The third kappa shape index (κ3) is 64.8. The van der Waals surface area contributed by atoms with E-state index in [1.165, 1.54) is 180 Å². The van der Waals surface area contributed by atoms with Crippen molar-refractivity contribution in [2.75, 3.05) is 39.6 Å². The van der Waals surface area contributed by atoms with Gasteiger partial charge in [0.15, 0.2) is 12.2 Å². The average Bonchev–Trinajstić information content (AvgIpc) is 3.38. The molecule has 0 aliphatic carbocycles. The zero-order valence-electron chi connectivity index (χ0n) is 58.4. The van der Waals surface area contributed by atoms with Gasteiger partial charge in [0.2, 0.25) is 0 Å². The summed E-state index contributed by atoms with van der Waals surface area (Å²) in [6.45, 7) is 9.53. The summed E-state index contributed by atoms with van der Waals surface area (Å²) in [4.78, 5) is 72.6. The number of hydrogen-bond donors (Lipinski definition) is 3. The van der Waals surface area contributed by atoms with E-state index in [2.05, 4.69) is 41.5 Å². The first-order chi connectivity index (χ1) is 43.4. The number of phosphoric ester groups is 2. The van der Waals surface area contributed by atoms with Crippen molar-refractivity contribution in [3.63, 3.8) is 0 Å². The van der Waals surface area contributed by atoms with E-state index in [0.717, 1.165) is 102 Å². The lowest BCUT2D eigenvalue weighted by molar-refractivity contribution is -0.161. The van der Waals surface area contributed by atoms with Crippen molar-refractivity contribution in [1.29, 1.82) is 0 Å². The van der Waals surface area contributed by atoms with Gasteiger partial charge in [-0.2, -0.15) is 0 Å². The maximum Gasteiger partial charge on any atom is 0.472 e. The standard InChI is InChI=1S/C71H138O17P2/c1-7-9-11-13-15-17-19-21-23-30-36-42-48-54-69(74)82-59-66(87-70(75)55-49-43-37-31-25-24-27-33-39-45-51-63(3)4)61-85-89(77,78)83-57-65(72)58-84-90(79,80)86-62-67(88-71(76)56-50-44-38-32-26-28-34-40-46-52-64(5)6)60-81-68(73)53-47-41-35-29-22-20-18-16-14-12-10-8-2/h63-67,72H,7-62H2,1-6H3,(H,77,78)(H,79,80)/t65-,66-,67-/m1/s1. The average molecular weight is 1330 g/mol. The number of phosphoric acid groups is 2. The minimum absolute atomic E-state index is 0.106. The Balaban J connectivity index is 5.26. The first-order valence-electron chi connectivity index (χ1n) is 37.0. The highest BCUT2D eigenvalue weighted by Gasteiger charge is 2.30. The lowest BCUT2D eigenvalue weighted by Gasteiger charge is -2.21. The van der Waals surface area contributed by atoms with Gasteiger partial charge < -0.3 is 33.8 Å². The second-order valence-electron chi connectivity index (χ2n) is 26.6. The predicted octanol–water partition coefficient (Wildman–Crippen LogP) is 20.4. The Morgan fingerprint density at radius 2 is 0.511 bits per heavy atom. The van der Waals surface area contributed by atoms with Crippen molar-refractivity contribution >= 4 is 39.5 Å². The smallest absolute Gasteiger partial charge is 0.462 e. The summed E-state index contributed by atoms with van der Waals surface area (Å²) in [6, 6.07) is 0. The number of ether oxygens (including phenoxy) is 4. The van der Waals surface area contributed by atoms with Crippen molar-refractivity contribution in [3.05, 3.63) is 0 Å². The molecule has 0 aromatic heterocycles. The SMILES string of the molecule is CCCCCCCCCCCCCCCC(=O)OC[C@H](COP(=O)(O)OC[C@@H](O)COP(=O)(O)OC[C@@H](COC(=O)CCCCCCCCCCCCCC)OC(=O)CCCCCCCCCCCC(C)C)OC(=O)CCCCCCCCCCCCC(C)C. The van der Waals surface area contributed by atoms with Crippen LogP contribution in [0.25, 0.3) is 0 Å². The van der Waals surface area contributed by atoms with Gasteiger partial charge in [-0.1, -0.05) is 311 Å². The van der Waals surface area contributed by atoms with Crippen LogP contribution < -0.4 is 0 Å². The fraction of sp³-hybridized carbons (Fsp3) is 0.944. The summed E-state index contributed by atoms with van der Waals surface area (Å²) in [5, 5.41) is 10.6. The summed E-state index contributed by atoms with van der Waals surface area (Å²) < 4.78 is 68.3. The third-order valence-corrected chi connectivity index (χ3v) is 18.4. The van der Waals surface area contributed by atoms with Crippen molar-refractivity contribution < 1.29 is 80.2 Å². The highest BCUT2D eigenvalue weighted by Crippen LogP contribution is 2.45. The number of esters is 4. The lowest BCUT2D eigenvalue weighted by Crippen LogP contribution is -2.30. The van der Waals surface area contributed by atoms with Crippen molar-refractivity contribution in [2.24, 2.45) is 11.8 Å².